The van der Waals surface area contributed by atoms with Crippen LogP contribution >= 0.6 is 28.3 Å². The van der Waals surface area contributed by atoms with E-state index in [1.54, 1.807) is 19.1 Å². The number of benzene rings is 1. The molecule has 1 aromatic carbocycles. The maximum atomic E-state index is 12.1. The second-order valence-electron chi connectivity index (χ2n) is 5.23. The van der Waals surface area contributed by atoms with Crippen LogP contribution in [0, 0.1) is 0 Å². The third-order valence-corrected chi connectivity index (χ3v) is 3.80. The Bertz CT molecular complexity index is 515. The van der Waals surface area contributed by atoms with Gasteiger partial charge >= 0.3 is 0 Å². The topological polar surface area (TPSA) is 84.2 Å². The van der Waals surface area contributed by atoms with Gasteiger partial charge in [-0.15, -0.1) is 12.4 Å². The maximum Gasteiger partial charge on any atom is 0.244 e. The van der Waals surface area contributed by atoms with Crippen molar-refractivity contribution < 1.29 is 9.59 Å². The number of hydrogen-bond donors (Lipinski definition) is 3. The molecule has 1 aliphatic rings. The zero-order valence-corrected chi connectivity index (χ0v) is 14.1. The molecule has 21 heavy (non-hydrogen) atoms. The van der Waals surface area contributed by atoms with Crippen LogP contribution < -0.4 is 16.4 Å². The minimum absolute atomic E-state index is 0. The highest BCUT2D eigenvalue weighted by atomic mass is 79.9. The first-order valence-corrected chi connectivity index (χ1v) is 7.31. The van der Waals surface area contributed by atoms with Crippen LogP contribution in [0.1, 0.15) is 25.3 Å². The SMILES string of the molecule is CC(N)(C(=O)NCC(=O)NC1CC1)c1ccc(Br)cc1.Cl. The zero-order valence-electron chi connectivity index (χ0n) is 11.7. The lowest BCUT2D eigenvalue weighted by Gasteiger charge is -2.24. The van der Waals surface area contributed by atoms with Gasteiger partial charge < -0.3 is 16.4 Å². The van der Waals surface area contributed by atoms with E-state index in [-0.39, 0.29) is 36.8 Å². The monoisotopic (exact) mass is 375 g/mol. The Morgan fingerprint density at radius 3 is 2.43 bits per heavy atom. The molecule has 7 heteroatoms. The zero-order chi connectivity index (χ0) is 14.8. The summed E-state index contributed by atoms with van der Waals surface area (Å²) in [4.78, 5) is 23.7. The van der Waals surface area contributed by atoms with Crippen LogP contribution in [0.5, 0.6) is 0 Å². The van der Waals surface area contributed by atoms with Crippen molar-refractivity contribution in [2.45, 2.75) is 31.3 Å². The van der Waals surface area contributed by atoms with Crippen LogP contribution in [0.15, 0.2) is 28.7 Å². The second kappa shape index (κ2) is 7.24. The molecular weight excluding hydrogens is 358 g/mol. The molecule has 0 radical (unpaired) electrons. The summed E-state index contributed by atoms with van der Waals surface area (Å²) in [5.74, 6) is -0.543. The van der Waals surface area contributed by atoms with Crippen molar-refractivity contribution in [1.82, 2.24) is 10.6 Å². The minimum Gasteiger partial charge on any atom is -0.352 e. The standard InChI is InChI=1S/C14H18BrN3O2.ClH/c1-14(16,9-2-4-10(15)5-3-9)13(20)17-8-12(19)18-11-6-7-11;/h2-5,11H,6-8,16H2,1H3,(H,17,20)(H,18,19);1H. The molecule has 1 saturated carbocycles. The number of rotatable bonds is 5. The number of hydrogen-bond acceptors (Lipinski definition) is 3. The average Bonchev–Trinajstić information content (AvgIpc) is 3.20. The average molecular weight is 377 g/mol. The van der Waals surface area contributed by atoms with Gasteiger partial charge in [-0.3, -0.25) is 9.59 Å². The Hall–Kier alpha value is -1.11. The van der Waals surface area contributed by atoms with Crippen LogP contribution in [0.4, 0.5) is 0 Å². The van der Waals surface area contributed by atoms with E-state index >= 15 is 0 Å². The fraction of sp³-hybridized carbons (Fsp3) is 0.429. The van der Waals surface area contributed by atoms with Crippen LogP contribution in [0.3, 0.4) is 0 Å². The molecule has 0 bridgehead atoms. The van der Waals surface area contributed by atoms with Crippen LogP contribution in [-0.4, -0.2) is 24.4 Å². The first kappa shape index (κ1) is 17.9. The van der Waals surface area contributed by atoms with Gasteiger partial charge in [-0.25, -0.2) is 0 Å². The van der Waals surface area contributed by atoms with Gasteiger partial charge in [-0.2, -0.15) is 0 Å². The quantitative estimate of drug-likeness (QED) is 0.727. The molecule has 0 heterocycles. The van der Waals surface area contributed by atoms with Gasteiger partial charge in [0.05, 0.1) is 6.54 Å². The highest BCUT2D eigenvalue weighted by Gasteiger charge is 2.31. The summed E-state index contributed by atoms with van der Waals surface area (Å²) in [7, 11) is 0. The molecule has 1 aliphatic carbocycles. The number of nitrogens with one attached hydrogen (secondary N) is 2. The van der Waals surface area contributed by atoms with E-state index < -0.39 is 5.54 Å². The largest absolute Gasteiger partial charge is 0.352 e. The Kier molecular flexibility index (Phi) is 6.19. The van der Waals surface area contributed by atoms with E-state index in [2.05, 4.69) is 26.6 Å². The molecule has 1 fully saturated rings. The summed E-state index contributed by atoms with van der Waals surface area (Å²) in [6.07, 6.45) is 2.04. The molecule has 0 spiro atoms. The van der Waals surface area contributed by atoms with E-state index in [1.165, 1.54) is 0 Å². The summed E-state index contributed by atoms with van der Waals surface area (Å²) < 4.78 is 0.918. The highest BCUT2D eigenvalue weighted by molar-refractivity contribution is 9.10. The summed E-state index contributed by atoms with van der Waals surface area (Å²) >= 11 is 3.33. The van der Waals surface area contributed by atoms with Crippen molar-refractivity contribution in [2.24, 2.45) is 5.73 Å². The van der Waals surface area contributed by atoms with Gasteiger partial charge in [-0.1, -0.05) is 28.1 Å². The smallest absolute Gasteiger partial charge is 0.244 e. The Balaban J connectivity index is 0.00000220. The molecule has 2 amide bonds. The summed E-state index contributed by atoms with van der Waals surface area (Å²) in [5, 5.41) is 5.39. The number of carbonyl (C=O) groups is 2. The second-order valence-corrected chi connectivity index (χ2v) is 6.15. The van der Waals surface area contributed by atoms with Gasteiger partial charge in [0.15, 0.2) is 0 Å². The molecule has 5 nitrogen and oxygen atoms in total. The fourth-order valence-electron chi connectivity index (χ4n) is 1.78. The number of halogens is 2. The lowest BCUT2D eigenvalue weighted by Crippen LogP contribution is -2.51. The van der Waals surface area contributed by atoms with Crippen molar-refractivity contribution in [2.75, 3.05) is 6.54 Å². The summed E-state index contributed by atoms with van der Waals surface area (Å²) in [5.41, 5.74) is 5.60. The van der Waals surface area contributed by atoms with Crippen molar-refractivity contribution >= 4 is 40.2 Å². The van der Waals surface area contributed by atoms with Crippen LogP contribution in [0.2, 0.25) is 0 Å². The molecule has 116 valence electrons. The van der Waals surface area contributed by atoms with E-state index in [1.807, 2.05) is 12.1 Å². The lowest BCUT2D eigenvalue weighted by molar-refractivity contribution is -0.129. The van der Waals surface area contributed by atoms with Gasteiger partial charge in [0, 0.05) is 10.5 Å². The van der Waals surface area contributed by atoms with E-state index in [9.17, 15) is 9.59 Å². The molecule has 0 aromatic heterocycles. The molecule has 4 N–H and O–H groups in total. The molecule has 0 aliphatic heterocycles. The minimum atomic E-state index is -1.17. The van der Waals surface area contributed by atoms with Gasteiger partial charge in [-0.05, 0) is 37.5 Å². The van der Waals surface area contributed by atoms with Crippen molar-refractivity contribution in [3.05, 3.63) is 34.3 Å². The van der Waals surface area contributed by atoms with E-state index in [4.69, 9.17) is 5.73 Å². The molecule has 1 atom stereocenters. The summed E-state index contributed by atoms with van der Waals surface area (Å²) in [6, 6.07) is 7.51. The number of nitrogens with two attached hydrogens (primary N) is 1. The van der Waals surface area contributed by atoms with Crippen molar-refractivity contribution in [3.8, 4) is 0 Å². The number of carbonyl (C=O) groups excluding carboxylic acids is 2. The lowest BCUT2D eigenvalue weighted by atomic mass is 9.92. The fourth-order valence-corrected chi connectivity index (χ4v) is 2.04. The van der Waals surface area contributed by atoms with Gasteiger partial charge in [0.25, 0.3) is 0 Å². The van der Waals surface area contributed by atoms with Crippen LogP contribution in [-0.2, 0) is 15.1 Å². The Labute approximate surface area is 138 Å². The van der Waals surface area contributed by atoms with Crippen molar-refractivity contribution in [1.29, 1.82) is 0 Å². The van der Waals surface area contributed by atoms with Crippen molar-refractivity contribution in [3.63, 3.8) is 0 Å². The first-order valence-electron chi connectivity index (χ1n) is 6.52. The molecule has 1 aromatic rings. The molecule has 0 saturated heterocycles. The highest BCUT2D eigenvalue weighted by Crippen LogP contribution is 2.20. The first-order chi connectivity index (χ1) is 9.39. The molecule has 2 rings (SSSR count). The number of amides is 2. The predicted octanol–water partition coefficient (Wildman–Crippen LogP) is 1.44. The molecule has 1 unspecified atom stereocenters. The molecular formula is C14H19BrClN3O2. The summed E-state index contributed by atoms with van der Waals surface area (Å²) in [6.45, 7) is 1.59. The normalized spacial score (nSPS) is 16.3. The van der Waals surface area contributed by atoms with Gasteiger partial charge in [0.1, 0.15) is 5.54 Å². The van der Waals surface area contributed by atoms with E-state index in [0.29, 0.717) is 5.56 Å². The van der Waals surface area contributed by atoms with E-state index in [0.717, 1.165) is 17.3 Å². The third-order valence-electron chi connectivity index (χ3n) is 3.27. The van der Waals surface area contributed by atoms with Crippen LogP contribution in [0.25, 0.3) is 0 Å². The predicted molar refractivity (Wildman–Crippen MR) is 87.1 cm³/mol. The Morgan fingerprint density at radius 1 is 1.33 bits per heavy atom. The Morgan fingerprint density at radius 2 is 1.90 bits per heavy atom. The maximum absolute atomic E-state index is 12.1. The van der Waals surface area contributed by atoms with Gasteiger partial charge in [0.2, 0.25) is 11.8 Å². The third kappa shape index (κ3) is 4.98.